The van der Waals surface area contributed by atoms with Crippen molar-refractivity contribution >= 4 is 5.69 Å². The van der Waals surface area contributed by atoms with Gasteiger partial charge in [0, 0.05) is 25.8 Å². The minimum atomic E-state index is -0.192. The predicted octanol–water partition coefficient (Wildman–Crippen LogP) is 2.08. The minimum absolute atomic E-state index is 0.0570. The topological polar surface area (TPSA) is 32.5 Å². The van der Waals surface area contributed by atoms with E-state index < -0.39 is 0 Å². The van der Waals surface area contributed by atoms with Crippen LogP contribution in [0.25, 0.3) is 0 Å². The highest BCUT2D eigenvalue weighted by Crippen LogP contribution is 2.31. The molecule has 1 aromatic carbocycles. The maximum atomic E-state index is 13.4. The average molecular weight is 265 g/mol. The van der Waals surface area contributed by atoms with Crippen LogP contribution in [-0.2, 0) is 0 Å². The third-order valence-corrected chi connectivity index (χ3v) is 4.43. The Labute approximate surface area is 115 Å². The first-order chi connectivity index (χ1) is 9.07. The quantitative estimate of drug-likeness (QED) is 0.908. The molecule has 106 valence electrons. The maximum absolute atomic E-state index is 13.4. The van der Waals surface area contributed by atoms with Crippen molar-refractivity contribution in [3.8, 4) is 0 Å². The molecule has 0 amide bonds. The second-order valence-electron chi connectivity index (χ2n) is 5.62. The summed E-state index contributed by atoms with van der Waals surface area (Å²) in [5, 5.41) is 0. The zero-order valence-electron chi connectivity index (χ0n) is 11.9. The lowest BCUT2D eigenvalue weighted by molar-refractivity contribution is 0.324. The highest BCUT2D eigenvalue weighted by atomic mass is 19.1. The van der Waals surface area contributed by atoms with Gasteiger partial charge in [0.2, 0.25) is 0 Å². The molecule has 0 radical (unpaired) electrons. The van der Waals surface area contributed by atoms with Gasteiger partial charge < -0.3 is 15.5 Å². The van der Waals surface area contributed by atoms with Gasteiger partial charge in [0.05, 0.1) is 5.54 Å². The molecule has 1 atom stereocenters. The Morgan fingerprint density at radius 2 is 2.16 bits per heavy atom. The van der Waals surface area contributed by atoms with Gasteiger partial charge in [-0.05, 0) is 51.1 Å². The van der Waals surface area contributed by atoms with Gasteiger partial charge in [-0.3, -0.25) is 0 Å². The molecule has 0 saturated carbocycles. The predicted molar refractivity (Wildman–Crippen MR) is 77.9 cm³/mol. The smallest absolute Gasteiger partial charge is 0.125 e. The van der Waals surface area contributed by atoms with E-state index >= 15 is 0 Å². The number of benzene rings is 1. The molecule has 0 bridgehead atoms. The van der Waals surface area contributed by atoms with Gasteiger partial charge >= 0.3 is 0 Å². The summed E-state index contributed by atoms with van der Waals surface area (Å²) in [4.78, 5) is 4.52. The number of rotatable bonds is 3. The molecule has 1 saturated heterocycles. The first-order valence-electron chi connectivity index (χ1n) is 6.95. The van der Waals surface area contributed by atoms with Gasteiger partial charge in [0.25, 0.3) is 0 Å². The molecule has 1 aliphatic rings. The van der Waals surface area contributed by atoms with Crippen molar-refractivity contribution in [1.82, 2.24) is 4.90 Å². The highest BCUT2D eigenvalue weighted by molar-refractivity contribution is 5.48. The Kier molecular flexibility index (Phi) is 4.42. The summed E-state index contributed by atoms with van der Waals surface area (Å²) >= 11 is 0. The van der Waals surface area contributed by atoms with E-state index in [-0.39, 0.29) is 11.4 Å². The van der Waals surface area contributed by atoms with Crippen molar-refractivity contribution in [2.75, 3.05) is 38.6 Å². The van der Waals surface area contributed by atoms with E-state index in [0.717, 1.165) is 38.0 Å². The van der Waals surface area contributed by atoms with Crippen LogP contribution in [0.15, 0.2) is 24.3 Å². The fraction of sp³-hybridized carbons (Fsp3) is 0.600. The Morgan fingerprint density at radius 1 is 1.37 bits per heavy atom. The standard InChI is InChI=1S/C15H24FN3/c1-18-9-4-7-15(12-17,8-10-18)19(2)14-6-3-5-13(16)11-14/h3,5-6,11H,4,7-10,12,17H2,1-2H3. The van der Waals surface area contributed by atoms with E-state index in [9.17, 15) is 4.39 Å². The molecular weight excluding hydrogens is 241 g/mol. The summed E-state index contributed by atoms with van der Waals surface area (Å²) in [6.07, 6.45) is 3.21. The van der Waals surface area contributed by atoms with Crippen LogP contribution in [0.1, 0.15) is 19.3 Å². The highest BCUT2D eigenvalue weighted by Gasteiger charge is 2.35. The fourth-order valence-electron chi connectivity index (χ4n) is 2.95. The molecule has 2 N–H and O–H groups in total. The van der Waals surface area contributed by atoms with E-state index in [1.807, 2.05) is 13.1 Å². The van der Waals surface area contributed by atoms with Crippen LogP contribution in [0.4, 0.5) is 10.1 Å². The SMILES string of the molecule is CN1CCCC(CN)(N(C)c2cccc(F)c2)CC1. The number of nitrogens with zero attached hydrogens (tertiary/aromatic N) is 2. The van der Waals surface area contributed by atoms with Crippen LogP contribution in [0.5, 0.6) is 0 Å². The van der Waals surface area contributed by atoms with Gasteiger partial charge in [-0.1, -0.05) is 6.07 Å². The molecule has 3 nitrogen and oxygen atoms in total. The lowest BCUT2D eigenvalue weighted by atomic mass is 9.88. The largest absolute Gasteiger partial charge is 0.368 e. The Bertz CT molecular complexity index is 424. The fourth-order valence-corrected chi connectivity index (χ4v) is 2.95. The third kappa shape index (κ3) is 3.07. The van der Waals surface area contributed by atoms with Gasteiger partial charge in [0.1, 0.15) is 5.82 Å². The molecule has 0 aliphatic carbocycles. The molecule has 1 heterocycles. The molecule has 4 heteroatoms. The summed E-state index contributed by atoms with van der Waals surface area (Å²) in [7, 11) is 4.18. The van der Waals surface area contributed by atoms with E-state index in [2.05, 4.69) is 16.8 Å². The van der Waals surface area contributed by atoms with Crippen LogP contribution in [0, 0.1) is 5.82 Å². The molecule has 1 fully saturated rings. The Morgan fingerprint density at radius 3 is 2.84 bits per heavy atom. The summed E-state index contributed by atoms with van der Waals surface area (Å²) in [6, 6.07) is 6.78. The maximum Gasteiger partial charge on any atom is 0.125 e. The van der Waals surface area contributed by atoms with Gasteiger partial charge in [-0.15, -0.1) is 0 Å². The van der Waals surface area contributed by atoms with Crippen molar-refractivity contribution < 1.29 is 4.39 Å². The van der Waals surface area contributed by atoms with E-state index in [1.165, 1.54) is 6.07 Å². The monoisotopic (exact) mass is 265 g/mol. The number of likely N-dealkylation sites (N-methyl/N-ethyl adjacent to an activating group) is 1. The van der Waals surface area contributed by atoms with Crippen LogP contribution >= 0.6 is 0 Å². The second-order valence-corrected chi connectivity index (χ2v) is 5.62. The zero-order chi connectivity index (χ0) is 13.9. The number of hydrogen-bond acceptors (Lipinski definition) is 3. The van der Waals surface area contributed by atoms with E-state index in [1.54, 1.807) is 12.1 Å². The molecule has 1 unspecified atom stereocenters. The summed E-state index contributed by atoms with van der Waals surface area (Å²) in [5.41, 5.74) is 6.93. The van der Waals surface area contributed by atoms with Gasteiger partial charge in [-0.2, -0.15) is 0 Å². The number of hydrogen-bond donors (Lipinski definition) is 1. The van der Waals surface area contributed by atoms with Crippen molar-refractivity contribution in [1.29, 1.82) is 0 Å². The third-order valence-electron chi connectivity index (χ3n) is 4.43. The van der Waals surface area contributed by atoms with E-state index in [4.69, 9.17) is 5.73 Å². The Hall–Kier alpha value is -1.13. The Balaban J connectivity index is 2.24. The van der Waals surface area contributed by atoms with E-state index in [0.29, 0.717) is 6.54 Å². The van der Waals surface area contributed by atoms with Crippen molar-refractivity contribution in [3.05, 3.63) is 30.1 Å². The molecule has 0 spiro atoms. The molecule has 1 aromatic rings. The van der Waals surface area contributed by atoms with Crippen LogP contribution in [0.2, 0.25) is 0 Å². The first kappa shape index (κ1) is 14.3. The van der Waals surface area contributed by atoms with Crippen LogP contribution in [0.3, 0.4) is 0 Å². The summed E-state index contributed by atoms with van der Waals surface area (Å²) in [5.74, 6) is -0.192. The summed E-state index contributed by atoms with van der Waals surface area (Å²) in [6.45, 7) is 2.75. The molecular formula is C15H24FN3. The lowest BCUT2D eigenvalue weighted by Gasteiger charge is -2.42. The van der Waals surface area contributed by atoms with Crippen molar-refractivity contribution in [3.63, 3.8) is 0 Å². The van der Waals surface area contributed by atoms with Crippen molar-refractivity contribution in [2.24, 2.45) is 5.73 Å². The summed E-state index contributed by atoms with van der Waals surface area (Å²) < 4.78 is 13.4. The molecule has 2 rings (SSSR count). The normalized spacial score (nSPS) is 25.1. The number of nitrogens with two attached hydrogens (primary N) is 1. The number of halogens is 1. The van der Waals surface area contributed by atoms with Crippen molar-refractivity contribution in [2.45, 2.75) is 24.8 Å². The minimum Gasteiger partial charge on any atom is -0.368 e. The van der Waals surface area contributed by atoms with Gasteiger partial charge in [0.15, 0.2) is 0 Å². The molecule has 1 aliphatic heterocycles. The lowest BCUT2D eigenvalue weighted by Crippen LogP contribution is -2.53. The molecule has 0 aromatic heterocycles. The van der Waals surface area contributed by atoms with Crippen LogP contribution < -0.4 is 10.6 Å². The number of likely N-dealkylation sites (tertiary alicyclic amines) is 1. The second kappa shape index (κ2) is 5.88. The molecule has 19 heavy (non-hydrogen) atoms. The average Bonchev–Trinajstić information content (AvgIpc) is 2.61. The zero-order valence-corrected chi connectivity index (χ0v) is 11.9. The number of anilines is 1. The van der Waals surface area contributed by atoms with Crippen LogP contribution in [-0.4, -0.2) is 44.2 Å². The van der Waals surface area contributed by atoms with Gasteiger partial charge in [-0.25, -0.2) is 4.39 Å². The first-order valence-corrected chi connectivity index (χ1v) is 6.95.